The molecule has 0 spiro atoms. The van der Waals surface area contributed by atoms with Crippen LogP contribution in [0.4, 0.5) is 13.2 Å². The van der Waals surface area contributed by atoms with Crippen molar-refractivity contribution in [3.05, 3.63) is 65.6 Å². The van der Waals surface area contributed by atoms with Crippen molar-refractivity contribution >= 4 is 11.6 Å². The summed E-state index contributed by atoms with van der Waals surface area (Å²) in [6, 6.07) is 11.3. The van der Waals surface area contributed by atoms with Gasteiger partial charge in [0, 0.05) is 17.3 Å². The smallest absolute Gasteiger partial charge is 0.417 e. The predicted molar refractivity (Wildman–Crippen MR) is 93.3 cm³/mol. The van der Waals surface area contributed by atoms with Gasteiger partial charge in [-0.25, -0.2) is 0 Å². The van der Waals surface area contributed by atoms with E-state index in [1.165, 1.54) is 18.3 Å². The van der Waals surface area contributed by atoms with Crippen LogP contribution < -0.4 is 4.74 Å². The van der Waals surface area contributed by atoms with Crippen molar-refractivity contribution in [3.63, 3.8) is 0 Å². The van der Waals surface area contributed by atoms with E-state index in [2.05, 4.69) is 15.2 Å². The average Bonchev–Trinajstić information content (AvgIpc) is 3.14. The zero-order valence-electron chi connectivity index (χ0n) is 14.1. The molecule has 5 nitrogen and oxygen atoms in total. The first-order chi connectivity index (χ1) is 12.9. The third kappa shape index (κ3) is 3.98. The number of ether oxygens (including phenoxy) is 1. The molecular formula is C19H13F3N4O. The van der Waals surface area contributed by atoms with Gasteiger partial charge < -0.3 is 4.74 Å². The standard InChI is InChI=1S/C19H13F3N4O/c1-27-16-5-2-12(3-6-16)18-14(10-25-26-18)8-13(9-23)17-7-4-15(11-24-17)19(20,21)22/h2-8,10-11H,1H3,(H,25,26). The van der Waals surface area contributed by atoms with Crippen molar-refractivity contribution in [1.29, 1.82) is 5.26 Å². The molecule has 1 N–H and O–H groups in total. The summed E-state index contributed by atoms with van der Waals surface area (Å²) in [5, 5.41) is 16.3. The molecule has 0 fully saturated rings. The number of halogens is 3. The zero-order valence-corrected chi connectivity index (χ0v) is 14.1. The molecule has 27 heavy (non-hydrogen) atoms. The van der Waals surface area contributed by atoms with E-state index in [-0.39, 0.29) is 11.3 Å². The van der Waals surface area contributed by atoms with E-state index in [1.807, 2.05) is 18.2 Å². The third-order valence-electron chi connectivity index (χ3n) is 3.83. The highest BCUT2D eigenvalue weighted by Gasteiger charge is 2.30. The molecule has 3 aromatic rings. The van der Waals surface area contributed by atoms with Crippen molar-refractivity contribution in [2.24, 2.45) is 0 Å². The summed E-state index contributed by atoms with van der Waals surface area (Å²) in [6.45, 7) is 0. The third-order valence-corrected chi connectivity index (χ3v) is 3.83. The summed E-state index contributed by atoms with van der Waals surface area (Å²) in [6.07, 6.45) is -0.714. The minimum absolute atomic E-state index is 0.125. The van der Waals surface area contributed by atoms with E-state index in [0.29, 0.717) is 23.2 Å². The van der Waals surface area contributed by atoms with Crippen molar-refractivity contribution in [1.82, 2.24) is 15.2 Å². The Kier molecular flexibility index (Phi) is 4.94. The topological polar surface area (TPSA) is 74.6 Å². The molecule has 2 aromatic heterocycles. The first kappa shape index (κ1) is 18.2. The Morgan fingerprint density at radius 2 is 1.89 bits per heavy atom. The first-order valence-corrected chi connectivity index (χ1v) is 7.75. The summed E-state index contributed by atoms with van der Waals surface area (Å²) in [5.41, 5.74) is 1.49. The van der Waals surface area contributed by atoms with Gasteiger partial charge in [0.1, 0.15) is 11.8 Å². The second kappa shape index (κ2) is 7.33. The van der Waals surface area contributed by atoms with Gasteiger partial charge in [0.05, 0.1) is 35.8 Å². The zero-order chi connectivity index (χ0) is 19.4. The van der Waals surface area contributed by atoms with Crippen LogP contribution in [0.2, 0.25) is 0 Å². The molecular weight excluding hydrogens is 357 g/mol. The Morgan fingerprint density at radius 1 is 1.15 bits per heavy atom. The number of aromatic amines is 1. The Bertz CT molecular complexity index is 997. The quantitative estimate of drug-likeness (QED) is 0.683. The van der Waals surface area contributed by atoms with E-state index >= 15 is 0 Å². The Labute approximate surface area is 152 Å². The average molecular weight is 370 g/mol. The number of methoxy groups -OCH3 is 1. The summed E-state index contributed by atoms with van der Waals surface area (Å²) < 4.78 is 43.1. The Balaban J connectivity index is 1.95. The molecule has 0 aliphatic rings. The number of nitrogens with zero attached hydrogens (tertiary/aromatic N) is 3. The second-order valence-electron chi connectivity index (χ2n) is 5.53. The number of benzene rings is 1. The molecule has 3 rings (SSSR count). The Morgan fingerprint density at radius 3 is 2.44 bits per heavy atom. The van der Waals surface area contributed by atoms with Crippen molar-refractivity contribution in [2.75, 3.05) is 7.11 Å². The minimum atomic E-state index is -4.48. The lowest BCUT2D eigenvalue weighted by Crippen LogP contribution is -2.05. The SMILES string of the molecule is COc1ccc(-c2[nH]ncc2C=C(C#N)c2ccc(C(F)(F)F)cn2)cc1. The number of nitrogens with one attached hydrogen (secondary N) is 1. The molecule has 0 bridgehead atoms. The first-order valence-electron chi connectivity index (χ1n) is 7.75. The van der Waals surface area contributed by atoms with Crippen LogP contribution in [0.3, 0.4) is 0 Å². The molecule has 0 aliphatic heterocycles. The number of rotatable bonds is 4. The molecule has 0 aliphatic carbocycles. The number of H-pyrrole nitrogens is 1. The summed E-state index contributed by atoms with van der Waals surface area (Å²) >= 11 is 0. The summed E-state index contributed by atoms with van der Waals surface area (Å²) in [5.74, 6) is 0.696. The molecule has 8 heteroatoms. The number of nitriles is 1. The van der Waals surface area contributed by atoms with Gasteiger partial charge in [-0.3, -0.25) is 10.1 Å². The van der Waals surface area contributed by atoms with E-state index in [0.717, 1.165) is 11.6 Å². The van der Waals surface area contributed by atoms with E-state index in [4.69, 9.17) is 4.74 Å². The van der Waals surface area contributed by atoms with Gasteiger partial charge in [-0.05, 0) is 42.5 Å². The van der Waals surface area contributed by atoms with Crippen LogP contribution in [0.5, 0.6) is 5.75 Å². The van der Waals surface area contributed by atoms with Crippen LogP contribution in [0, 0.1) is 11.3 Å². The fourth-order valence-corrected chi connectivity index (χ4v) is 2.43. The van der Waals surface area contributed by atoms with Gasteiger partial charge >= 0.3 is 6.18 Å². The Hall–Kier alpha value is -3.60. The number of hydrogen-bond acceptors (Lipinski definition) is 4. The maximum Gasteiger partial charge on any atom is 0.417 e. The van der Waals surface area contributed by atoms with Gasteiger partial charge in [-0.2, -0.15) is 23.5 Å². The van der Waals surface area contributed by atoms with E-state index in [1.54, 1.807) is 19.2 Å². The fraction of sp³-hybridized carbons (Fsp3) is 0.105. The molecule has 2 heterocycles. The monoisotopic (exact) mass is 370 g/mol. The number of alkyl halides is 3. The highest BCUT2D eigenvalue weighted by molar-refractivity contribution is 5.91. The normalized spacial score (nSPS) is 11.9. The maximum atomic E-state index is 12.7. The molecule has 0 amide bonds. The second-order valence-corrected chi connectivity index (χ2v) is 5.53. The molecule has 0 radical (unpaired) electrons. The minimum Gasteiger partial charge on any atom is -0.497 e. The number of aromatic nitrogens is 3. The van der Waals surface area contributed by atoms with Gasteiger partial charge in [0.25, 0.3) is 0 Å². The highest BCUT2D eigenvalue weighted by atomic mass is 19.4. The molecule has 0 atom stereocenters. The van der Waals surface area contributed by atoms with Crippen molar-refractivity contribution in [2.45, 2.75) is 6.18 Å². The largest absolute Gasteiger partial charge is 0.497 e. The van der Waals surface area contributed by atoms with Gasteiger partial charge in [0.15, 0.2) is 0 Å². The predicted octanol–water partition coefficient (Wildman–Crippen LogP) is 4.56. The van der Waals surface area contributed by atoms with Crippen LogP contribution in [0.15, 0.2) is 48.8 Å². The van der Waals surface area contributed by atoms with Gasteiger partial charge in [-0.15, -0.1) is 0 Å². The van der Waals surface area contributed by atoms with Crippen molar-refractivity contribution in [3.8, 4) is 23.1 Å². The van der Waals surface area contributed by atoms with Crippen LogP contribution >= 0.6 is 0 Å². The fourth-order valence-electron chi connectivity index (χ4n) is 2.43. The van der Waals surface area contributed by atoms with Crippen LogP contribution in [0.1, 0.15) is 16.8 Å². The van der Waals surface area contributed by atoms with E-state index in [9.17, 15) is 18.4 Å². The summed E-state index contributed by atoms with van der Waals surface area (Å²) in [7, 11) is 1.57. The molecule has 0 saturated heterocycles. The lowest BCUT2D eigenvalue weighted by Gasteiger charge is -2.06. The molecule has 0 saturated carbocycles. The van der Waals surface area contributed by atoms with Crippen LogP contribution in [-0.4, -0.2) is 22.3 Å². The highest BCUT2D eigenvalue weighted by Crippen LogP contribution is 2.30. The van der Waals surface area contributed by atoms with Gasteiger partial charge in [0.2, 0.25) is 0 Å². The number of hydrogen-bond donors (Lipinski definition) is 1. The summed E-state index contributed by atoms with van der Waals surface area (Å²) in [4.78, 5) is 3.76. The van der Waals surface area contributed by atoms with E-state index < -0.39 is 11.7 Å². The maximum absolute atomic E-state index is 12.7. The van der Waals surface area contributed by atoms with Crippen molar-refractivity contribution < 1.29 is 17.9 Å². The lowest BCUT2D eigenvalue weighted by atomic mass is 10.0. The number of pyridine rings is 1. The lowest BCUT2D eigenvalue weighted by molar-refractivity contribution is -0.137. The molecule has 0 unspecified atom stereocenters. The van der Waals surface area contributed by atoms with Crippen LogP contribution in [0.25, 0.3) is 22.9 Å². The van der Waals surface area contributed by atoms with Crippen LogP contribution in [-0.2, 0) is 6.18 Å². The van der Waals surface area contributed by atoms with Gasteiger partial charge in [-0.1, -0.05) is 0 Å². The number of allylic oxidation sites excluding steroid dienone is 1. The molecule has 136 valence electrons. The molecule has 1 aromatic carbocycles.